The Bertz CT molecular complexity index is 827. The topological polar surface area (TPSA) is 80.8 Å². The molecule has 1 aliphatic heterocycles. The maximum absolute atomic E-state index is 12.5. The molecule has 1 aromatic carbocycles. The van der Waals surface area contributed by atoms with Crippen LogP contribution in [-0.4, -0.2) is 53.7 Å². The molecule has 0 saturated carbocycles. The number of hydrogen-bond donors (Lipinski definition) is 1. The molecule has 7 nitrogen and oxygen atoms in total. The highest BCUT2D eigenvalue weighted by Gasteiger charge is 2.22. The molecule has 29 heavy (non-hydrogen) atoms. The molecule has 0 radical (unpaired) electrons. The van der Waals surface area contributed by atoms with Crippen LogP contribution in [0.5, 0.6) is 0 Å². The second-order valence-corrected chi connectivity index (χ2v) is 8.09. The largest absolute Gasteiger partial charge is 0.466 e. The summed E-state index contributed by atoms with van der Waals surface area (Å²) in [7, 11) is 0. The van der Waals surface area contributed by atoms with E-state index in [2.05, 4.69) is 29.0 Å². The fraction of sp³-hybridized carbons (Fsp3) is 0.476. The van der Waals surface area contributed by atoms with E-state index in [9.17, 15) is 9.59 Å². The maximum atomic E-state index is 12.5. The van der Waals surface area contributed by atoms with Crippen LogP contribution >= 0.6 is 11.3 Å². The van der Waals surface area contributed by atoms with Crippen molar-refractivity contribution < 1.29 is 19.1 Å². The van der Waals surface area contributed by atoms with Gasteiger partial charge in [-0.15, -0.1) is 11.3 Å². The van der Waals surface area contributed by atoms with Crippen LogP contribution in [-0.2, 0) is 27.2 Å². The number of anilines is 1. The minimum atomic E-state index is -0.324. The van der Waals surface area contributed by atoms with Gasteiger partial charge in [-0.2, -0.15) is 0 Å². The lowest BCUT2D eigenvalue weighted by Gasteiger charge is -2.35. The van der Waals surface area contributed by atoms with Gasteiger partial charge in [-0.1, -0.05) is 12.1 Å². The van der Waals surface area contributed by atoms with Gasteiger partial charge in [-0.25, -0.2) is 4.98 Å². The quantitative estimate of drug-likeness (QED) is 0.697. The molecule has 8 heteroatoms. The Morgan fingerprint density at radius 3 is 2.59 bits per heavy atom. The SMILES string of the molecule is CCOC(=O)Cc1csc(NC(=O)c2ccc(CN3C[C@@H](C)O[C@H](C)C3)cc2)n1. The summed E-state index contributed by atoms with van der Waals surface area (Å²) >= 11 is 1.29. The number of rotatable bonds is 7. The monoisotopic (exact) mass is 417 g/mol. The summed E-state index contributed by atoms with van der Waals surface area (Å²) in [6, 6.07) is 7.61. The molecule has 1 aliphatic rings. The second kappa shape index (κ2) is 9.96. The Hall–Kier alpha value is -2.29. The minimum Gasteiger partial charge on any atom is -0.466 e. The van der Waals surface area contributed by atoms with Crippen molar-refractivity contribution in [3.63, 3.8) is 0 Å². The van der Waals surface area contributed by atoms with Crippen LogP contribution in [0.3, 0.4) is 0 Å². The van der Waals surface area contributed by atoms with Gasteiger partial charge in [0.25, 0.3) is 5.91 Å². The van der Waals surface area contributed by atoms with E-state index in [1.165, 1.54) is 11.3 Å². The maximum Gasteiger partial charge on any atom is 0.311 e. The third-order valence-corrected chi connectivity index (χ3v) is 5.33. The highest BCUT2D eigenvalue weighted by molar-refractivity contribution is 7.14. The number of carbonyl (C=O) groups excluding carboxylic acids is 2. The van der Waals surface area contributed by atoms with Crippen LogP contribution < -0.4 is 5.32 Å². The van der Waals surface area contributed by atoms with E-state index in [-0.39, 0.29) is 30.5 Å². The molecule has 1 saturated heterocycles. The molecule has 2 atom stereocenters. The number of nitrogens with one attached hydrogen (secondary N) is 1. The number of thiazole rings is 1. The first-order valence-corrected chi connectivity index (χ1v) is 10.7. The Kier molecular flexibility index (Phi) is 7.35. The zero-order valence-corrected chi connectivity index (χ0v) is 17.8. The van der Waals surface area contributed by atoms with Gasteiger partial charge in [-0.3, -0.25) is 19.8 Å². The van der Waals surface area contributed by atoms with Gasteiger partial charge < -0.3 is 9.47 Å². The van der Waals surface area contributed by atoms with E-state index < -0.39 is 0 Å². The average Bonchev–Trinajstić information content (AvgIpc) is 3.08. The van der Waals surface area contributed by atoms with Crippen molar-refractivity contribution in [1.29, 1.82) is 0 Å². The van der Waals surface area contributed by atoms with Gasteiger partial charge in [-0.05, 0) is 38.5 Å². The first-order chi connectivity index (χ1) is 13.9. The standard InChI is InChI=1S/C21H27N3O4S/c1-4-27-19(25)9-18-13-29-21(22-18)23-20(26)17-7-5-16(6-8-17)12-24-10-14(2)28-15(3)11-24/h5-8,13-15H,4,9-12H2,1-3H3,(H,22,23,26)/t14-,15-/m1/s1. The molecule has 0 unspecified atom stereocenters. The van der Waals surface area contributed by atoms with E-state index in [1.807, 2.05) is 24.3 Å². The average molecular weight is 418 g/mol. The van der Waals surface area contributed by atoms with E-state index in [1.54, 1.807) is 12.3 Å². The van der Waals surface area contributed by atoms with Gasteiger partial charge in [0.1, 0.15) is 0 Å². The number of hydrogen-bond acceptors (Lipinski definition) is 7. The van der Waals surface area contributed by atoms with Crippen molar-refractivity contribution in [2.45, 2.75) is 45.9 Å². The molecular formula is C21H27N3O4S. The summed E-state index contributed by atoms with van der Waals surface area (Å²) in [5, 5.41) is 5.00. The van der Waals surface area contributed by atoms with E-state index in [0.717, 1.165) is 25.2 Å². The zero-order chi connectivity index (χ0) is 20.8. The van der Waals surface area contributed by atoms with E-state index >= 15 is 0 Å². The highest BCUT2D eigenvalue weighted by Crippen LogP contribution is 2.18. The number of nitrogens with zero attached hydrogens (tertiary/aromatic N) is 2. The predicted octanol–water partition coefficient (Wildman–Crippen LogP) is 3.11. The number of aromatic nitrogens is 1. The molecule has 156 valence electrons. The smallest absolute Gasteiger partial charge is 0.311 e. The van der Waals surface area contributed by atoms with Crippen LogP contribution in [0.1, 0.15) is 42.4 Å². The Morgan fingerprint density at radius 1 is 1.24 bits per heavy atom. The lowest BCUT2D eigenvalue weighted by molar-refractivity contribution is -0.142. The van der Waals surface area contributed by atoms with Crippen molar-refractivity contribution in [3.8, 4) is 0 Å². The molecule has 0 aliphatic carbocycles. The molecular weight excluding hydrogens is 390 g/mol. The van der Waals surface area contributed by atoms with Crippen molar-refractivity contribution in [2.24, 2.45) is 0 Å². The third kappa shape index (κ3) is 6.35. The summed E-state index contributed by atoms with van der Waals surface area (Å²) in [5.74, 6) is -0.544. The van der Waals surface area contributed by atoms with Crippen molar-refractivity contribution in [2.75, 3.05) is 25.0 Å². The minimum absolute atomic E-state index is 0.105. The Balaban J connectivity index is 1.54. The molecule has 0 spiro atoms. The van der Waals surface area contributed by atoms with Crippen LogP contribution in [0, 0.1) is 0 Å². The van der Waals surface area contributed by atoms with Gasteiger partial charge in [0.05, 0.1) is 30.9 Å². The lowest BCUT2D eigenvalue weighted by Crippen LogP contribution is -2.44. The number of ether oxygens (including phenoxy) is 2. The van der Waals surface area contributed by atoms with Crippen molar-refractivity contribution in [1.82, 2.24) is 9.88 Å². The number of benzene rings is 1. The Morgan fingerprint density at radius 2 is 1.93 bits per heavy atom. The summed E-state index contributed by atoms with van der Waals surface area (Å²) in [5.41, 5.74) is 2.32. The van der Waals surface area contributed by atoms with Gasteiger partial charge in [0.15, 0.2) is 5.13 Å². The molecule has 0 bridgehead atoms. The number of carbonyl (C=O) groups is 2. The lowest BCUT2D eigenvalue weighted by atomic mass is 10.1. The van der Waals surface area contributed by atoms with E-state index in [0.29, 0.717) is 23.0 Å². The van der Waals surface area contributed by atoms with Gasteiger partial charge in [0.2, 0.25) is 0 Å². The fourth-order valence-electron chi connectivity index (χ4n) is 3.41. The second-order valence-electron chi connectivity index (χ2n) is 7.23. The van der Waals surface area contributed by atoms with E-state index in [4.69, 9.17) is 9.47 Å². The van der Waals surface area contributed by atoms with Crippen LogP contribution in [0.25, 0.3) is 0 Å². The summed E-state index contributed by atoms with van der Waals surface area (Å²) < 4.78 is 10.7. The molecule has 2 heterocycles. The van der Waals surface area contributed by atoms with Crippen LogP contribution in [0.4, 0.5) is 5.13 Å². The number of amides is 1. The predicted molar refractivity (Wildman–Crippen MR) is 112 cm³/mol. The van der Waals surface area contributed by atoms with Crippen LogP contribution in [0.15, 0.2) is 29.6 Å². The van der Waals surface area contributed by atoms with Gasteiger partial charge >= 0.3 is 5.97 Å². The molecule has 2 aromatic rings. The molecule has 1 N–H and O–H groups in total. The highest BCUT2D eigenvalue weighted by atomic mass is 32.1. The molecule has 3 rings (SSSR count). The summed E-state index contributed by atoms with van der Waals surface area (Å²) in [4.78, 5) is 30.6. The normalized spacial score (nSPS) is 19.7. The first-order valence-electron chi connectivity index (χ1n) is 9.81. The number of esters is 1. The van der Waals surface area contributed by atoms with Gasteiger partial charge in [0, 0.05) is 30.6 Å². The fourth-order valence-corrected chi connectivity index (χ4v) is 4.11. The first kappa shape index (κ1) is 21.4. The summed E-state index contributed by atoms with van der Waals surface area (Å²) in [6.45, 7) is 8.93. The zero-order valence-electron chi connectivity index (χ0n) is 17.0. The molecule has 1 aromatic heterocycles. The molecule has 1 amide bonds. The molecule has 1 fully saturated rings. The van der Waals surface area contributed by atoms with Crippen molar-refractivity contribution >= 4 is 28.3 Å². The number of morpholine rings is 1. The summed E-state index contributed by atoms with van der Waals surface area (Å²) in [6.07, 6.45) is 0.569. The van der Waals surface area contributed by atoms with Crippen LogP contribution in [0.2, 0.25) is 0 Å². The third-order valence-electron chi connectivity index (χ3n) is 4.52. The van der Waals surface area contributed by atoms with Crippen molar-refractivity contribution in [3.05, 3.63) is 46.5 Å². The Labute approximate surface area is 175 Å².